The lowest BCUT2D eigenvalue weighted by molar-refractivity contribution is -0.386. The molecule has 0 aliphatic carbocycles. The summed E-state index contributed by atoms with van der Waals surface area (Å²) in [5.74, 6) is 0.539. The molecular weight excluding hydrogens is 449 g/mol. The van der Waals surface area contributed by atoms with Crippen molar-refractivity contribution in [2.75, 3.05) is 6.61 Å². The van der Waals surface area contributed by atoms with E-state index in [0.717, 1.165) is 5.69 Å². The molecule has 0 fully saturated rings. The van der Waals surface area contributed by atoms with Crippen LogP contribution in [0.2, 0.25) is 10.4 Å². The van der Waals surface area contributed by atoms with Crippen molar-refractivity contribution in [2.45, 2.75) is 26.8 Å². The van der Waals surface area contributed by atoms with E-state index in [1.54, 1.807) is 29.4 Å². The van der Waals surface area contributed by atoms with E-state index in [4.69, 9.17) is 27.9 Å². The van der Waals surface area contributed by atoms with E-state index in [9.17, 15) is 10.1 Å². The lowest BCUT2D eigenvalue weighted by Crippen LogP contribution is -2.08. The third-order valence-corrected chi connectivity index (χ3v) is 5.06. The minimum atomic E-state index is -0.503. The number of hydrogen-bond donors (Lipinski definition) is 0. The molecular formula is C17H17Cl2N9O3. The van der Waals surface area contributed by atoms with Gasteiger partial charge in [0.1, 0.15) is 5.69 Å². The van der Waals surface area contributed by atoms with Crippen LogP contribution in [0.3, 0.4) is 0 Å². The van der Waals surface area contributed by atoms with Gasteiger partial charge >= 0.3 is 11.6 Å². The summed E-state index contributed by atoms with van der Waals surface area (Å²) < 4.78 is 10.3. The minimum Gasteiger partial charge on any atom is -0.472 e. The highest BCUT2D eigenvalue weighted by Gasteiger charge is 2.28. The zero-order valence-electron chi connectivity index (χ0n) is 16.8. The molecule has 0 spiro atoms. The lowest BCUT2D eigenvalue weighted by atomic mass is 10.4. The van der Waals surface area contributed by atoms with Gasteiger partial charge in [-0.1, -0.05) is 11.6 Å². The smallest absolute Gasteiger partial charge is 0.353 e. The first-order chi connectivity index (χ1) is 14.8. The second-order valence-corrected chi connectivity index (χ2v) is 7.46. The van der Waals surface area contributed by atoms with Crippen LogP contribution in [0.5, 0.6) is 5.88 Å². The maximum atomic E-state index is 11.6. The van der Waals surface area contributed by atoms with E-state index in [2.05, 4.69) is 25.3 Å². The normalized spacial score (nSPS) is 11.4. The van der Waals surface area contributed by atoms with Gasteiger partial charge in [-0.05, 0) is 25.4 Å². The molecule has 12 nitrogen and oxygen atoms in total. The van der Waals surface area contributed by atoms with Gasteiger partial charge in [-0.15, -0.1) is 5.10 Å². The molecule has 0 saturated heterocycles. The second kappa shape index (κ2) is 8.12. The van der Waals surface area contributed by atoms with E-state index in [1.807, 2.05) is 6.92 Å². The van der Waals surface area contributed by atoms with Gasteiger partial charge in [-0.2, -0.15) is 15.2 Å². The molecule has 0 atom stereocenters. The molecule has 0 N–H and O–H groups in total. The van der Waals surface area contributed by atoms with Crippen LogP contribution in [0.15, 0.2) is 12.3 Å². The van der Waals surface area contributed by atoms with E-state index in [0.29, 0.717) is 35.5 Å². The fourth-order valence-corrected chi connectivity index (χ4v) is 3.59. The summed E-state index contributed by atoms with van der Waals surface area (Å²) in [5.41, 5.74) is 1.43. The molecule has 4 aromatic heterocycles. The second-order valence-electron chi connectivity index (χ2n) is 6.77. The zero-order chi connectivity index (χ0) is 22.3. The van der Waals surface area contributed by atoms with Crippen molar-refractivity contribution in [1.29, 1.82) is 0 Å². The number of halogens is 2. The summed E-state index contributed by atoms with van der Waals surface area (Å²) in [6, 6.07) is 1.78. The van der Waals surface area contributed by atoms with Crippen LogP contribution in [0.1, 0.15) is 17.8 Å². The predicted octanol–water partition coefficient (Wildman–Crippen LogP) is 3.05. The van der Waals surface area contributed by atoms with Crippen molar-refractivity contribution in [3.05, 3.63) is 44.2 Å². The van der Waals surface area contributed by atoms with Gasteiger partial charge in [-0.25, -0.2) is 14.3 Å². The molecule has 4 rings (SSSR count). The van der Waals surface area contributed by atoms with Crippen LogP contribution in [0.25, 0.3) is 16.9 Å². The molecule has 0 aliphatic heterocycles. The van der Waals surface area contributed by atoms with Crippen LogP contribution < -0.4 is 4.74 Å². The van der Waals surface area contributed by atoms with Crippen LogP contribution in [-0.4, -0.2) is 50.8 Å². The van der Waals surface area contributed by atoms with Crippen molar-refractivity contribution >= 4 is 39.9 Å². The highest BCUT2D eigenvalue weighted by Crippen LogP contribution is 2.31. The zero-order valence-corrected chi connectivity index (χ0v) is 18.3. The standard InChI is InChI=1S/C17H17Cl2N9O3/c1-9-7-12(25(3)22-9)27-10(2)13(28(29)30)16(24-27)31-6-4-5-26-15-11(14(18)23-26)8-20-17(19)21-15/h7-8H,4-6H2,1-3H3. The van der Waals surface area contributed by atoms with Crippen molar-refractivity contribution in [3.8, 4) is 11.7 Å². The van der Waals surface area contributed by atoms with Crippen molar-refractivity contribution in [3.63, 3.8) is 0 Å². The van der Waals surface area contributed by atoms with Crippen molar-refractivity contribution < 1.29 is 9.66 Å². The van der Waals surface area contributed by atoms with Gasteiger partial charge in [0, 0.05) is 32.3 Å². The molecule has 0 radical (unpaired) electrons. The first-order valence-electron chi connectivity index (χ1n) is 9.18. The Morgan fingerprint density at radius 3 is 2.68 bits per heavy atom. The van der Waals surface area contributed by atoms with Crippen molar-refractivity contribution in [2.24, 2.45) is 7.05 Å². The van der Waals surface area contributed by atoms with E-state index >= 15 is 0 Å². The fourth-order valence-electron chi connectivity index (χ4n) is 3.23. The molecule has 4 aromatic rings. The molecule has 0 aliphatic rings. The Balaban J connectivity index is 1.51. The summed E-state index contributed by atoms with van der Waals surface area (Å²) in [7, 11) is 1.74. The Morgan fingerprint density at radius 1 is 1.23 bits per heavy atom. The number of fused-ring (bicyclic) bond motifs is 1. The Kier molecular flexibility index (Phi) is 5.50. The SMILES string of the molecule is Cc1cc(-n2nc(OCCCn3nc(Cl)c4cnc(Cl)nc43)c([N+](=O)[O-])c2C)n(C)n1. The quantitative estimate of drug-likeness (QED) is 0.176. The summed E-state index contributed by atoms with van der Waals surface area (Å²) in [6.07, 6.45) is 1.98. The topological polar surface area (TPSA) is 132 Å². The Labute approximate surface area is 185 Å². The van der Waals surface area contributed by atoms with Gasteiger partial charge in [0.15, 0.2) is 16.6 Å². The lowest BCUT2D eigenvalue weighted by Gasteiger charge is -2.04. The van der Waals surface area contributed by atoms with Gasteiger partial charge < -0.3 is 4.74 Å². The minimum absolute atomic E-state index is 0.0601. The number of aryl methyl sites for hydroxylation is 3. The van der Waals surface area contributed by atoms with E-state index in [1.165, 1.54) is 10.9 Å². The van der Waals surface area contributed by atoms with Gasteiger partial charge in [0.05, 0.1) is 22.6 Å². The number of aromatic nitrogens is 8. The highest BCUT2D eigenvalue weighted by atomic mass is 35.5. The first kappa shape index (κ1) is 21.0. The third-order valence-electron chi connectivity index (χ3n) is 4.60. The van der Waals surface area contributed by atoms with Gasteiger partial charge in [0.25, 0.3) is 0 Å². The van der Waals surface area contributed by atoms with Crippen LogP contribution >= 0.6 is 23.2 Å². The number of nitrogens with zero attached hydrogens (tertiary/aromatic N) is 9. The number of rotatable bonds is 7. The molecule has 0 aromatic carbocycles. The predicted molar refractivity (Wildman–Crippen MR) is 112 cm³/mol. The average molecular weight is 466 g/mol. The summed E-state index contributed by atoms with van der Waals surface area (Å²) >= 11 is 12.0. The van der Waals surface area contributed by atoms with Crippen LogP contribution in [-0.2, 0) is 13.6 Å². The molecule has 0 saturated carbocycles. The fraction of sp³-hybridized carbons (Fsp3) is 0.353. The molecule has 14 heteroatoms. The number of ether oxygens (including phenoxy) is 1. The van der Waals surface area contributed by atoms with Crippen LogP contribution in [0, 0.1) is 24.0 Å². The van der Waals surface area contributed by atoms with Crippen molar-refractivity contribution in [1.82, 2.24) is 39.3 Å². The third kappa shape index (κ3) is 3.91. The van der Waals surface area contributed by atoms with Gasteiger partial charge in [-0.3, -0.25) is 14.8 Å². The number of nitro groups is 1. The van der Waals surface area contributed by atoms with Crippen LogP contribution in [0.4, 0.5) is 5.69 Å². The Morgan fingerprint density at radius 2 is 2.00 bits per heavy atom. The molecule has 0 amide bonds. The summed E-state index contributed by atoms with van der Waals surface area (Å²) in [5, 5.41) is 25.3. The first-order valence-corrected chi connectivity index (χ1v) is 9.94. The monoisotopic (exact) mass is 465 g/mol. The average Bonchev–Trinajstić information content (AvgIpc) is 3.31. The van der Waals surface area contributed by atoms with E-state index in [-0.39, 0.29) is 28.6 Å². The molecule has 4 heterocycles. The summed E-state index contributed by atoms with van der Waals surface area (Å²) in [6.45, 7) is 4.02. The maximum Gasteiger partial charge on any atom is 0.353 e. The largest absolute Gasteiger partial charge is 0.472 e. The van der Waals surface area contributed by atoms with E-state index < -0.39 is 4.92 Å². The molecule has 0 unspecified atom stereocenters. The number of hydrogen-bond acceptors (Lipinski definition) is 8. The summed E-state index contributed by atoms with van der Waals surface area (Å²) in [4.78, 5) is 19.1. The molecule has 31 heavy (non-hydrogen) atoms. The Bertz CT molecular complexity index is 1290. The Hall–Kier alpha value is -3.25. The maximum absolute atomic E-state index is 11.6. The molecule has 0 bridgehead atoms. The van der Waals surface area contributed by atoms with Gasteiger partial charge in [0.2, 0.25) is 5.28 Å². The molecule has 162 valence electrons. The highest BCUT2D eigenvalue weighted by molar-refractivity contribution is 6.34.